The zero-order valence-electron chi connectivity index (χ0n) is 8.54. The van der Waals surface area contributed by atoms with Crippen molar-refractivity contribution in [1.82, 2.24) is 4.98 Å². The van der Waals surface area contributed by atoms with Crippen LogP contribution in [0.25, 0.3) is 0 Å². The van der Waals surface area contributed by atoms with E-state index in [2.05, 4.69) is 4.98 Å². The minimum atomic E-state index is -0.431. The van der Waals surface area contributed by atoms with Crippen molar-refractivity contribution in [2.45, 2.75) is 19.3 Å². The molecule has 5 nitrogen and oxygen atoms in total. The molecule has 80 valence electrons. The number of aryl methyl sites for hydroxylation is 1. The summed E-state index contributed by atoms with van der Waals surface area (Å²) in [5.41, 5.74) is 13.8. The van der Waals surface area contributed by atoms with Gasteiger partial charge in [-0.2, -0.15) is 0 Å². The average Bonchev–Trinajstić information content (AvgIpc) is 2.66. The van der Waals surface area contributed by atoms with E-state index in [9.17, 15) is 4.79 Å². The van der Waals surface area contributed by atoms with Crippen molar-refractivity contribution in [2.24, 2.45) is 0 Å². The molecule has 2 rings (SSSR count). The van der Waals surface area contributed by atoms with Gasteiger partial charge in [0.1, 0.15) is 5.82 Å². The highest BCUT2D eigenvalue weighted by atomic mass is 16.5. The predicted molar refractivity (Wildman–Crippen MR) is 56.4 cm³/mol. The van der Waals surface area contributed by atoms with Gasteiger partial charge in [-0.25, -0.2) is 9.78 Å². The van der Waals surface area contributed by atoms with Crippen LogP contribution < -0.4 is 11.5 Å². The van der Waals surface area contributed by atoms with Crippen LogP contribution >= 0.6 is 0 Å². The van der Waals surface area contributed by atoms with Gasteiger partial charge in [0.05, 0.1) is 18.4 Å². The lowest BCUT2D eigenvalue weighted by atomic mass is 10.1. The molecule has 15 heavy (non-hydrogen) atoms. The fourth-order valence-corrected chi connectivity index (χ4v) is 1.95. The molecular weight excluding hydrogens is 194 g/mol. The summed E-state index contributed by atoms with van der Waals surface area (Å²) in [4.78, 5) is 15.7. The van der Waals surface area contributed by atoms with Gasteiger partial charge in [0.25, 0.3) is 0 Å². The Morgan fingerprint density at radius 1 is 1.40 bits per heavy atom. The number of nitrogen functional groups attached to an aromatic ring is 2. The van der Waals surface area contributed by atoms with Gasteiger partial charge in [-0.1, -0.05) is 0 Å². The number of carbonyl (C=O) groups is 1. The zero-order valence-corrected chi connectivity index (χ0v) is 8.54. The number of anilines is 2. The van der Waals surface area contributed by atoms with Crippen molar-refractivity contribution in [3.8, 4) is 0 Å². The van der Waals surface area contributed by atoms with E-state index in [0.717, 1.165) is 30.5 Å². The van der Waals surface area contributed by atoms with Crippen LogP contribution in [-0.4, -0.2) is 18.1 Å². The number of hydrogen-bond donors (Lipinski definition) is 2. The number of aromatic nitrogens is 1. The number of nitrogens with zero attached hydrogens (tertiary/aromatic N) is 1. The highest BCUT2D eigenvalue weighted by molar-refractivity contribution is 5.99. The maximum Gasteiger partial charge on any atom is 0.340 e. The Balaban J connectivity index is 2.65. The highest BCUT2D eigenvalue weighted by Crippen LogP contribution is 2.31. The number of hydrogen-bond acceptors (Lipinski definition) is 5. The Morgan fingerprint density at radius 3 is 2.80 bits per heavy atom. The van der Waals surface area contributed by atoms with Crippen LogP contribution in [0.2, 0.25) is 0 Å². The van der Waals surface area contributed by atoms with Gasteiger partial charge < -0.3 is 16.2 Å². The molecule has 0 aromatic carbocycles. The normalized spacial score (nSPS) is 13.7. The van der Waals surface area contributed by atoms with Crippen molar-refractivity contribution >= 4 is 17.5 Å². The van der Waals surface area contributed by atoms with E-state index in [4.69, 9.17) is 16.2 Å². The molecule has 0 fully saturated rings. The van der Waals surface area contributed by atoms with Gasteiger partial charge in [0, 0.05) is 5.69 Å². The van der Waals surface area contributed by atoms with E-state index in [1.165, 1.54) is 7.11 Å². The molecule has 0 saturated heterocycles. The lowest BCUT2D eigenvalue weighted by Gasteiger charge is -2.11. The van der Waals surface area contributed by atoms with Crippen LogP contribution in [0, 0.1) is 0 Å². The minimum absolute atomic E-state index is 0.219. The molecule has 1 aromatic rings. The largest absolute Gasteiger partial charge is 0.465 e. The van der Waals surface area contributed by atoms with Crippen LogP contribution in [0.1, 0.15) is 28.0 Å². The third-order valence-electron chi connectivity index (χ3n) is 2.68. The van der Waals surface area contributed by atoms with Crippen molar-refractivity contribution in [2.75, 3.05) is 18.6 Å². The molecule has 0 radical (unpaired) electrons. The Kier molecular flexibility index (Phi) is 2.22. The molecule has 1 heterocycles. The first-order valence-corrected chi connectivity index (χ1v) is 4.80. The zero-order chi connectivity index (χ0) is 11.0. The molecule has 1 aromatic heterocycles. The average molecular weight is 207 g/mol. The molecule has 4 N–H and O–H groups in total. The number of carbonyl (C=O) groups excluding carboxylic acids is 1. The monoisotopic (exact) mass is 207 g/mol. The molecule has 0 aliphatic heterocycles. The van der Waals surface area contributed by atoms with Crippen LogP contribution in [0.15, 0.2) is 0 Å². The Hall–Kier alpha value is -1.78. The Morgan fingerprint density at radius 2 is 2.13 bits per heavy atom. The van der Waals surface area contributed by atoms with E-state index in [-0.39, 0.29) is 11.5 Å². The van der Waals surface area contributed by atoms with Crippen LogP contribution in [-0.2, 0) is 17.6 Å². The smallest absolute Gasteiger partial charge is 0.340 e. The summed E-state index contributed by atoms with van der Waals surface area (Å²) >= 11 is 0. The topological polar surface area (TPSA) is 91.2 Å². The summed E-state index contributed by atoms with van der Waals surface area (Å²) in [6.07, 6.45) is 2.65. The molecule has 0 bridgehead atoms. The lowest BCUT2D eigenvalue weighted by molar-refractivity contribution is 0.0600. The Bertz CT molecular complexity index is 429. The third kappa shape index (κ3) is 1.40. The number of methoxy groups -OCH3 is 1. The molecule has 1 aliphatic carbocycles. The van der Waals surface area contributed by atoms with E-state index < -0.39 is 5.97 Å². The van der Waals surface area contributed by atoms with E-state index >= 15 is 0 Å². The maximum atomic E-state index is 11.6. The maximum absolute atomic E-state index is 11.6. The summed E-state index contributed by atoms with van der Waals surface area (Å²) in [6.45, 7) is 0. The van der Waals surface area contributed by atoms with Gasteiger partial charge >= 0.3 is 5.97 Å². The fourth-order valence-electron chi connectivity index (χ4n) is 1.95. The molecule has 0 unspecified atom stereocenters. The van der Waals surface area contributed by atoms with Gasteiger partial charge in [-0.15, -0.1) is 0 Å². The van der Waals surface area contributed by atoms with Crippen molar-refractivity contribution < 1.29 is 9.53 Å². The first-order valence-electron chi connectivity index (χ1n) is 4.80. The van der Waals surface area contributed by atoms with Gasteiger partial charge in [0.2, 0.25) is 0 Å². The van der Waals surface area contributed by atoms with E-state index in [0.29, 0.717) is 5.56 Å². The van der Waals surface area contributed by atoms with Gasteiger partial charge in [-0.3, -0.25) is 0 Å². The number of nitrogens with two attached hydrogens (primary N) is 2. The molecule has 0 amide bonds. The van der Waals surface area contributed by atoms with Crippen molar-refractivity contribution in [1.29, 1.82) is 0 Å². The molecule has 0 spiro atoms. The van der Waals surface area contributed by atoms with Crippen LogP contribution in [0.5, 0.6) is 0 Å². The van der Waals surface area contributed by atoms with Gasteiger partial charge in [-0.05, 0) is 24.8 Å². The summed E-state index contributed by atoms with van der Waals surface area (Å²) in [5, 5.41) is 0. The standard InChI is InChI=1S/C10H13N3O2/c1-15-10(14)7-5-3-2-4-6(5)13-9(12)8(7)11/h2-4,11H2,1H3,(H2,12,13). The van der Waals surface area contributed by atoms with Crippen LogP contribution in [0.4, 0.5) is 11.5 Å². The number of esters is 1. The number of ether oxygens (including phenoxy) is 1. The van der Waals surface area contributed by atoms with Crippen molar-refractivity contribution in [3.05, 3.63) is 16.8 Å². The van der Waals surface area contributed by atoms with E-state index in [1.807, 2.05) is 0 Å². The van der Waals surface area contributed by atoms with E-state index in [1.54, 1.807) is 0 Å². The summed E-state index contributed by atoms with van der Waals surface area (Å²) in [6, 6.07) is 0. The first kappa shape index (κ1) is 9.76. The second-order valence-electron chi connectivity index (χ2n) is 3.56. The minimum Gasteiger partial charge on any atom is -0.465 e. The number of fused-ring (bicyclic) bond motifs is 1. The molecule has 1 aliphatic rings. The molecular formula is C10H13N3O2. The molecule has 0 saturated carbocycles. The fraction of sp³-hybridized carbons (Fsp3) is 0.400. The van der Waals surface area contributed by atoms with Crippen molar-refractivity contribution in [3.63, 3.8) is 0 Å². The summed E-state index contributed by atoms with van der Waals surface area (Å²) in [5.74, 6) is -0.212. The first-order chi connectivity index (χ1) is 7.15. The summed E-state index contributed by atoms with van der Waals surface area (Å²) in [7, 11) is 1.33. The highest BCUT2D eigenvalue weighted by Gasteiger charge is 2.25. The predicted octanol–water partition coefficient (Wildman–Crippen LogP) is 0.521. The van der Waals surface area contributed by atoms with Crippen LogP contribution in [0.3, 0.4) is 0 Å². The quantitative estimate of drug-likeness (QED) is 0.655. The lowest BCUT2D eigenvalue weighted by Crippen LogP contribution is -2.13. The SMILES string of the molecule is COC(=O)c1c(N)c(N)nc2c1CCC2. The van der Waals surface area contributed by atoms with Gasteiger partial charge in [0.15, 0.2) is 0 Å². The number of pyridine rings is 1. The Labute approximate surface area is 87.4 Å². The second-order valence-corrected chi connectivity index (χ2v) is 3.56. The third-order valence-corrected chi connectivity index (χ3v) is 2.68. The number of rotatable bonds is 1. The molecule has 5 heteroatoms. The second kappa shape index (κ2) is 3.42. The molecule has 0 atom stereocenters. The summed E-state index contributed by atoms with van der Waals surface area (Å²) < 4.78 is 4.70.